The van der Waals surface area contributed by atoms with Crippen LogP contribution in [-0.4, -0.2) is 25.0 Å². The highest BCUT2D eigenvalue weighted by atomic mass is 32.2. The molecule has 0 fully saturated rings. The standard InChI is InChI=1S/C20H19F5O6S/c1-11(2)3-18(19(26)27)13-6-16(30-10-12-4-14(21)8-15(22)5-12)9-17(7-13)31-32(28,29)20(23,24)25/h4-9,11,18H,3,10H2,1-2H3,(H,26,27). The molecule has 0 bridgehead atoms. The molecule has 1 unspecified atom stereocenters. The molecule has 12 heteroatoms. The van der Waals surface area contributed by atoms with E-state index in [9.17, 15) is 40.3 Å². The number of hydrogen-bond acceptors (Lipinski definition) is 5. The molecule has 0 saturated heterocycles. The number of ether oxygens (including phenoxy) is 1. The lowest BCUT2D eigenvalue weighted by Gasteiger charge is -2.18. The Balaban J connectivity index is 2.46. The molecule has 0 radical (unpaired) electrons. The molecule has 2 rings (SSSR count). The summed E-state index contributed by atoms with van der Waals surface area (Å²) in [5.41, 5.74) is -5.75. The average molecular weight is 482 g/mol. The molecule has 0 heterocycles. The molecule has 1 N–H and O–H groups in total. The number of aliphatic carboxylic acids is 1. The molecule has 0 aliphatic rings. The Morgan fingerprint density at radius 3 is 2.06 bits per heavy atom. The molecule has 0 aliphatic carbocycles. The van der Waals surface area contributed by atoms with Crippen LogP contribution in [0, 0.1) is 17.6 Å². The van der Waals surface area contributed by atoms with Crippen molar-refractivity contribution in [3.63, 3.8) is 0 Å². The summed E-state index contributed by atoms with van der Waals surface area (Å²) in [6, 6.07) is 5.38. The first-order valence-electron chi connectivity index (χ1n) is 9.14. The van der Waals surface area contributed by atoms with E-state index in [1.807, 2.05) is 0 Å². The maximum atomic E-state index is 13.3. The van der Waals surface area contributed by atoms with Crippen LogP contribution >= 0.6 is 0 Å². The van der Waals surface area contributed by atoms with Crippen LogP contribution in [0.25, 0.3) is 0 Å². The molecule has 0 saturated carbocycles. The van der Waals surface area contributed by atoms with Gasteiger partial charge in [0.25, 0.3) is 0 Å². The second kappa shape index (κ2) is 9.72. The molecule has 1 atom stereocenters. The van der Waals surface area contributed by atoms with Gasteiger partial charge >= 0.3 is 21.6 Å². The van der Waals surface area contributed by atoms with E-state index in [4.69, 9.17) is 4.74 Å². The summed E-state index contributed by atoms with van der Waals surface area (Å²) in [6.07, 6.45) is 0.0827. The molecule has 2 aromatic carbocycles. The Kier molecular flexibility index (Phi) is 7.70. The zero-order valence-corrected chi connectivity index (χ0v) is 17.6. The maximum Gasteiger partial charge on any atom is 0.534 e. The molecule has 2 aromatic rings. The summed E-state index contributed by atoms with van der Waals surface area (Å²) in [6.45, 7) is 3.01. The van der Waals surface area contributed by atoms with Gasteiger partial charge in [0, 0.05) is 12.1 Å². The minimum atomic E-state index is -6.03. The number of carboxylic acids is 1. The third-order valence-electron chi connectivity index (χ3n) is 4.13. The molecule has 0 amide bonds. The summed E-state index contributed by atoms with van der Waals surface area (Å²) in [7, 11) is -6.03. The lowest BCUT2D eigenvalue weighted by molar-refractivity contribution is -0.139. The van der Waals surface area contributed by atoms with Crippen LogP contribution in [0.1, 0.15) is 37.3 Å². The number of rotatable bonds is 9. The first-order chi connectivity index (χ1) is 14.7. The zero-order chi connectivity index (χ0) is 24.3. The predicted molar refractivity (Wildman–Crippen MR) is 103 cm³/mol. The Bertz CT molecular complexity index is 1060. The first kappa shape index (κ1) is 25.4. The Hall–Kier alpha value is -2.89. The van der Waals surface area contributed by atoms with Crippen LogP contribution in [0.15, 0.2) is 36.4 Å². The van der Waals surface area contributed by atoms with Crippen molar-refractivity contribution >= 4 is 16.1 Å². The van der Waals surface area contributed by atoms with Gasteiger partial charge in [-0.05, 0) is 47.7 Å². The van der Waals surface area contributed by atoms with Gasteiger partial charge in [0.2, 0.25) is 0 Å². The van der Waals surface area contributed by atoms with E-state index in [1.54, 1.807) is 13.8 Å². The Morgan fingerprint density at radius 2 is 1.56 bits per heavy atom. The van der Waals surface area contributed by atoms with E-state index in [1.165, 1.54) is 6.07 Å². The number of hydrogen-bond donors (Lipinski definition) is 1. The van der Waals surface area contributed by atoms with E-state index in [0.29, 0.717) is 6.07 Å². The first-order valence-corrected chi connectivity index (χ1v) is 10.5. The zero-order valence-electron chi connectivity index (χ0n) is 16.8. The lowest BCUT2D eigenvalue weighted by atomic mass is 9.90. The number of alkyl halides is 3. The number of carboxylic acid groups (broad SMARTS) is 1. The Morgan fingerprint density at radius 1 is 1.00 bits per heavy atom. The fraction of sp³-hybridized carbons (Fsp3) is 0.350. The van der Waals surface area contributed by atoms with Gasteiger partial charge in [0.15, 0.2) is 0 Å². The van der Waals surface area contributed by atoms with Gasteiger partial charge in [0.05, 0.1) is 5.92 Å². The molecule has 0 spiro atoms. The highest BCUT2D eigenvalue weighted by Gasteiger charge is 2.48. The summed E-state index contributed by atoms with van der Waals surface area (Å²) < 4.78 is 97.1. The number of carbonyl (C=O) groups is 1. The van der Waals surface area contributed by atoms with Gasteiger partial charge in [-0.3, -0.25) is 4.79 Å². The third-order valence-corrected chi connectivity index (χ3v) is 5.11. The highest BCUT2D eigenvalue weighted by molar-refractivity contribution is 7.88. The van der Waals surface area contributed by atoms with Crippen molar-refractivity contribution in [1.82, 2.24) is 0 Å². The van der Waals surface area contributed by atoms with Crippen LogP contribution in [0.3, 0.4) is 0 Å². The quantitative estimate of drug-likeness (QED) is 0.308. The van der Waals surface area contributed by atoms with E-state index in [-0.39, 0.29) is 29.2 Å². The van der Waals surface area contributed by atoms with Crippen LogP contribution in [-0.2, 0) is 21.5 Å². The fourth-order valence-electron chi connectivity index (χ4n) is 2.81. The van der Waals surface area contributed by atoms with Crippen molar-refractivity contribution < 1.29 is 49.2 Å². The minimum Gasteiger partial charge on any atom is -0.489 e. The van der Waals surface area contributed by atoms with Crippen molar-refractivity contribution in [2.24, 2.45) is 5.92 Å². The van der Waals surface area contributed by atoms with Gasteiger partial charge in [-0.2, -0.15) is 21.6 Å². The van der Waals surface area contributed by atoms with Crippen LogP contribution in [0.2, 0.25) is 0 Å². The van der Waals surface area contributed by atoms with Gasteiger partial charge < -0.3 is 14.0 Å². The molecule has 0 aromatic heterocycles. The molecule has 0 aliphatic heterocycles. The molecule has 176 valence electrons. The van der Waals surface area contributed by atoms with Crippen molar-refractivity contribution in [3.8, 4) is 11.5 Å². The van der Waals surface area contributed by atoms with Crippen molar-refractivity contribution in [2.45, 2.75) is 38.3 Å². The Labute approximate surface area is 180 Å². The predicted octanol–water partition coefficient (Wildman–Crippen LogP) is 4.99. The van der Waals surface area contributed by atoms with Crippen molar-refractivity contribution in [2.75, 3.05) is 0 Å². The van der Waals surface area contributed by atoms with Crippen LogP contribution in [0.5, 0.6) is 11.5 Å². The van der Waals surface area contributed by atoms with E-state index in [2.05, 4.69) is 4.18 Å². The van der Waals surface area contributed by atoms with Crippen molar-refractivity contribution in [3.05, 3.63) is 59.2 Å². The summed E-state index contributed by atoms with van der Waals surface area (Å²) in [5, 5.41) is 9.52. The highest BCUT2D eigenvalue weighted by Crippen LogP contribution is 2.34. The van der Waals surface area contributed by atoms with E-state index in [0.717, 1.165) is 24.3 Å². The second-order valence-electron chi connectivity index (χ2n) is 7.31. The normalized spacial score (nSPS) is 13.1. The van der Waals surface area contributed by atoms with Crippen LogP contribution < -0.4 is 8.92 Å². The molecular weight excluding hydrogens is 463 g/mol. The molecule has 32 heavy (non-hydrogen) atoms. The molecular formula is C20H19F5O6S. The SMILES string of the molecule is CC(C)CC(C(=O)O)c1cc(OCc2cc(F)cc(F)c2)cc(OS(=O)(=O)C(F)(F)F)c1. The van der Waals surface area contributed by atoms with Gasteiger partial charge in [-0.25, -0.2) is 8.78 Å². The van der Waals surface area contributed by atoms with Gasteiger partial charge in [0.1, 0.15) is 29.7 Å². The fourth-order valence-corrected chi connectivity index (χ4v) is 3.26. The van der Waals surface area contributed by atoms with Gasteiger partial charge in [-0.15, -0.1) is 0 Å². The number of benzene rings is 2. The van der Waals surface area contributed by atoms with E-state index < -0.39 is 51.5 Å². The van der Waals surface area contributed by atoms with Gasteiger partial charge in [-0.1, -0.05) is 13.8 Å². The topological polar surface area (TPSA) is 89.9 Å². The monoisotopic (exact) mass is 482 g/mol. The third kappa shape index (κ3) is 6.81. The summed E-state index contributed by atoms with van der Waals surface area (Å²) >= 11 is 0. The summed E-state index contributed by atoms with van der Waals surface area (Å²) in [5.74, 6) is -5.49. The van der Waals surface area contributed by atoms with E-state index >= 15 is 0 Å². The maximum absolute atomic E-state index is 13.3. The summed E-state index contributed by atoms with van der Waals surface area (Å²) in [4.78, 5) is 11.7. The minimum absolute atomic E-state index is 0.0373. The lowest BCUT2D eigenvalue weighted by Crippen LogP contribution is -2.28. The molecule has 6 nitrogen and oxygen atoms in total. The smallest absolute Gasteiger partial charge is 0.489 e. The number of halogens is 5. The average Bonchev–Trinajstić information content (AvgIpc) is 2.62. The second-order valence-corrected chi connectivity index (χ2v) is 8.85. The largest absolute Gasteiger partial charge is 0.534 e. The van der Waals surface area contributed by atoms with Crippen molar-refractivity contribution in [1.29, 1.82) is 0 Å². The van der Waals surface area contributed by atoms with Crippen LogP contribution in [0.4, 0.5) is 22.0 Å².